The van der Waals surface area contributed by atoms with Gasteiger partial charge < -0.3 is 20.7 Å². The highest BCUT2D eigenvalue weighted by Crippen LogP contribution is 2.06. The summed E-state index contributed by atoms with van der Waals surface area (Å²) in [7, 11) is 0. The van der Waals surface area contributed by atoms with E-state index in [2.05, 4.69) is 16.0 Å². The minimum Gasteiger partial charge on any atom is -0.379 e. The van der Waals surface area contributed by atoms with Crippen LogP contribution in [0, 0.1) is 0 Å². The number of piperidine rings is 1. The lowest BCUT2D eigenvalue weighted by Crippen LogP contribution is -2.48. The third-order valence-electron chi connectivity index (χ3n) is 3.19. The lowest BCUT2D eigenvalue weighted by molar-refractivity contribution is 0.188. The Balaban J connectivity index is 1.59. The second-order valence-electron chi connectivity index (χ2n) is 4.56. The maximum atomic E-state index is 11.5. The third kappa shape index (κ3) is 3.64. The standard InChI is InChI=1S/C11H21N3O2/c15-11(14-10-4-6-16-8-10)13-7-9-3-1-2-5-12-9/h9-10,12H,1-8H2,(H2,13,14,15). The molecular weight excluding hydrogens is 206 g/mol. The fraction of sp³-hybridized carbons (Fsp3) is 0.909. The summed E-state index contributed by atoms with van der Waals surface area (Å²) in [5, 5.41) is 9.23. The second kappa shape index (κ2) is 6.06. The number of hydrogen-bond donors (Lipinski definition) is 3. The van der Waals surface area contributed by atoms with Crippen LogP contribution >= 0.6 is 0 Å². The largest absolute Gasteiger partial charge is 0.379 e. The molecule has 0 aromatic rings. The lowest BCUT2D eigenvalue weighted by Gasteiger charge is -2.24. The number of rotatable bonds is 3. The van der Waals surface area contributed by atoms with Crippen molar-refractivity contribution in [3.05, 3.63) is 0 Å². The van der Waals surface area contributed by atoms with Gasteiger partial charge >= 0.3 is 6.03 Å². The average molecular weight is 227 g/mol. The number of hydrogen-bond acceptors (Lipinski definition) is 3. The van der Waals surface area contributed by atoms with Crippen LogP contribution in [0.3, 0.4) is 0 Å². The summed E-state index contributed by atoms with van der Waals surface area (Å²) < 4.78 is 5.20. The first-order valence-corrected chi connectivity index (χ1v) is 6.20. The highest BCUT2D eigenvalue weighted by atomic mass is 16.5. The number of carbonyl (C=O) groups is 1. The lowest BCUT2D eigenvalue weighted by atomic mass is 10.1. The minimum atomic E-state index is -0.0668. The molecule has 0 aliphatic carbocycles. The molecular formula is C11H21N3O2. The van der Waals surface area contributed by atoms with Gasteiger partial charge in [0.2, 0.25) is 0 Å². The molecule has 0 aromatic heterocycles. The SMILES string of the molecule is O=C(NCC1CCCCN1)NC1CCOC1. The van der Waals surface area contributed by atoms with E-state index in [0.29, 0.717) is 12.6 Å². The maximum Gasteiger partial charge on any atom is 0.315 e. The summed E-state index contributed by atoms with van der Waals surface area (Å²) in [4.78, 5) is 11.5. The molecule has 0 bridgehead atoms. The third-order valence-corrected chi connectivity index (χ3v) is 3.19. The van der Waals surface area contributed by atoms with Crippen LogP contribution in [0.5, 0.6) is 0 Å². The molecule has 2 rings (SSSR count). The summed E-state index contributed by atoms with van der Waals surface area (Å²) in [6, 6.07) is 0.571. The van der Waals surface area contributed by atoms with Gasteiger partial charge in [-0.05, 0) is 25.8 Å². The van der Waals surface area contributed by atoms with Crippen molar-refractivity contribution in [3.8, 4) is 0 Å². The fourth-order valence-corrected chi connectivity index (χ4v) is 2.20. The van der Waals surface area contributed by atoms with Crippen molar-refractivity contribution in [1.29, 1.82) is 0 Å². The number of ether oxygens (including phenoxy) is 1. The smallest absolute Gasteiger partial charge is 0.315 e. The van der Waals surface area contributed by atoms with Crippen LogP contribution in [0.2, 0.25) is 0 Å². The van der Waals surface area contributed by atoms with Gasteiger partial charge in [-0.3, -0.25) is 0 Å². The average Bonchev–Trinajstić information content (AvgIpc) is 2.81. The second-order valence-corrected chi connectivity index (χ2v) is 4.56. The molecule has 92 valence electrons. The molecule has 2 fully saturated rings. The number of carbonyl (C=O) groups excluding carboxylic acids is 1. The zero-order valence-corrected chi connectivity index (χ0v) is 9.63. The van der Waals surface area contributed by atoms with Crippen molar-refractivity contribution in [2.45, 2.75) is 37.8 Å². The molecule has 5 heteroatoms. The predicted octanol–water partition coefficient (Wildman–Crippen LogP) is 0.217. The summed E-state index contributed by atoms with van der Waals surface area (Å²) in [5.74, 6) is 0. The van der Waals surface area contributed by atoms with Crippen LogP contribution in [0.15, 0.2) is 0 Å². The Morgan fingerprint density at radius 2 is 2.31 bits per heavy atom. The van der Waals surface area contributed by atoms with E-state index in [1.54, 1.807) is 0 Å². The van der Waals surface area contributed by atoms with Crippen molar-refractivity contribution < 1.29 is 9.53 Å². The summed E-state index contributed by atoms with van der Waals surface area (Å²) in [6.07, 6.45) is 4.60. The van der Waals surface area contributed by atoms with E-state index in [1.165, 1.54) is 12.8 Å². The van der Waals surface area contributed by atoms with E-state index in [4.69, 9.17) is 4.74 Å². The normalized spacial score (nSPS) is 30.0. The van der Waals surface area contributed by atoms with Crippen LogP contribution in [0.1, 0.15) is 25.7 Å². The zero-order valence-electron chi connectivity index (χ0n) is 9.63. The Hall–Kier alpha value is -0.810. The van der Waals surface area contributed by atoms with Crippen molar-refractivity contribution in [2.24, 2.45) is 0 Å². The first-order chi connectivity index (χ1) is 7.84. The van der Waals surface area contributed by atoms with E-state index >= 15 is 0 Å². The van der Waals surface area contributed by atoms with Crippen molar-refractivity contribution in [1.82, 2.24) is 16.0 Å². The van der Waals surface area contributed by atoms with Gasteiger partial charge in [0.15, 0.2) is 0 Å². The Morgan fingerprint density at radius 1 is 1.38 bits per heavy atom. The molecule has 16 heavy (non-hydrogen) atoms. The summed E-state index contributed by atoms with van der Waals surface area (Å²) >= 11 is 0. The topological polar surface area (TPSA) is 62.4 Å². The van der Waals surface area contributed by atoms with E-state index in [-0.39, 0.29) is 12.1 Å². The van der Waals surface area contributed by atoms with E-state index < -0.39 is 0 Å². The number of urea groups is 1. The van der Waals surface area contributed by atoms with Crippen LogP contribution in [-0.2, 0) is 4.74 Å². The van der Waals surface area contributed by atoms with Crippen molar-refractivity contribution in [3.63, 3.8) is 0 Å². The molecule has 0 spiro atoms. The van der Waals surface area contributed by atoms with Gasteiger partial charge in [0.1, 0.15) is 0 Å². The molecule has 3 N–H and O–H groups in total. The van der Waals surface area contributed by atoms with E-state index in [0.717, 1.165) is 32.5 Å². The first kappa shape index (κ1) is 11.7. The Labute approximate surface area is 96.3 Å². The predicted molar refractivity (Wildman–Crippen MR) is 61.4 cm³/mol. The van der Waals surface area contributed by atoms with Crippen molar-refractivity contribution in [2.75, 3.05) is 26.3 Å². The van der Waals surface area contributed by atoms with Crippen LogP contribution in [0.25, 0.3) is 0 Å². The van der Waals surface area contributed by atoms with Crippen LogP contribution < -0.4 is 16.0 Å². The monoisotopic (exact) mass is 227 g/mol. The van der Waals surface area contributed by atoms with Gasteiger partial charge in [0.05, 0.1) is 12.6 Å². The van der Waals surface area contributed by atoms with Crippen LogP contribution in [-0.4, -0.2) is 44.4 Å². The molecule has 2 unspecified atom stereocenters. The Morgan fingerprint density at radius 3 is 3.00 bits per heavy atom. The molecule has 2 saturated heterocycles. The molecule has 2 amide bonds. The molecule has 2 heterocycles. The fourth-order valence-electron chi connectivity index (χ4n) is 2.20. The molecule has 5 nitrogen and oxygen atoms in total. The highest BCUT2D eigenvalue weighted by molar-refractivity contribution is 5.74. The van der Waals surface area contributed by atoms with Gasteiger partial charge in [0.25, 0.3) is 0 Å². The first-order valence-electron chi connectivity index (χ1n) is 6.20. The molecule has 2 aliphatic rings. The quantitative estimate of drug-likeness (QED) is 0.646. The Bertz CT molecular complexity index is 223. The molecule has 0 saturated carbocycles. The molecule has 0 aromatic carbocycles. The number of nitrogens with one attached hydrogen (secondary N) is 3. The van der Waals surface area contributed by atoms with Gasteiger partial charge in [0, 0.05) is 19.2 Å². The Kier molecular flexibility index (Phi) is 4.42. The molecule has 2 aliphatic heterocycles. The van der Waals surface area contributed by atoms with Crippen molar-refractivity contribution >= 4 is 6.03 Å². The minimum absolute atomic E-state index is 0.0668. The van der Waals surface area contributed by atoms with Gasteiger partial charge in [-0.2, -0.15) is 0 Å². The molecule has 0 radical (unpaired) electrons. The van der Waals surface area contributed by atoms with Gasteiger partial charge in [-0.1, -0.05) is 6.42 Å². The zero-order chi connectivity index (χ0) is 11.2. The van der Waals surface area contributed by atoms with E-state index in [1.807, 2.05) is 0 Å². The summed E-state index contributed by atoms with van der Waals surface area (Å²) in [6.45, 7) is 3.20. The van der Waals surface area contributed by atoms with Gasteiger partial charge in [-0.25, -0.2) is 4.79 Å². The van der Waals surface area contributed by atoms with Gasteiger partial charge in [-0.15, -0.1) is 0 Å². The maximum absolute atomic E-state index is 11.5. The highest BCUT2D eigenvalue weighted by Gasteiger charge is 2.18. The summed E-state index contributed by atoms with van der Waals surface area (Å²) in [5.41, 5.74) is 0. The molecule has 2 atom stereocenters. The van der Waals surface area contributed by atoms with E-state index in [9.17, 15) is 4.79 Å². The number of amides is 2. The van der Waals surface area contributed by atoms with Crippen LogP contribution in [0.4, 0.5) is 4.79 Å².